The molecule has 1 aliphatic carbocycles. The van der Waals surface area contributed by atoms with E-state index in [2.05, 4.69) is 5.16 Å². The van der Waals surface area contributed by atoms with Gasteiger partial charge in [0, 0.05) is 17.7 Å². The van der Waals surface area contributed by atoms with Crippen LogP contribution in [0, 0.1) is 5.92 Å². The zero-order valence-corrected chi connectivity index (χ0v) is 16.7. The minimum atomic E-state index is -4.34. The van der Waals surface area contributed by atoms with Crippen LogP contribution in [0.1, 0.15) is 45.1 Å². The molecule has 4 nitrogen and oxygen atoms in total. The van der Waals surface area contributed by atoms with Gasteiger partial charge in [-0.2, -0.15) is 13.2 Å². The number of hydrogen-bond donors (Lipinski definition) is 1. The van der Waals surface area contributed by atoms with Crippen molar-refractivity contribution in [2.75, 3.05) is 12.4 Å². The number of rotatable bonds is 8. The van der Waals surface area contributed by atoms with Crippen LogP contribution in [0.25, 0.3) is 0 Å². The first kappa shape index (κ1) is 22.3. The molecule has 0 radical (unpaired) electrons. The smallest absolute Gasteiger partial charge is 0.416 e. The number of aliphatic hydroxyl groups is 1. The first-order chi connectivity index (χ1) is 13.3. The van der Waals surface area contributed by atoms with Crippen molar-refractivity contribution in [3.8, 4) is 0 Å². The molecular weight excluding hydrogens is 391 g/mol. The highest BCUT2D eigenvalue weighted by molar-refractivity contribution is 7.99. The van der Waals surface area contributed by atoms with Gasteiger partial charge in [-0.05, 0) is 55.7 Å². The van der Waals surface area contributed by atoms with E-state index in [0.29, 0.717) is 43.8 Å². The molecule has 0 heterocycles. The number of hydrogen-bond acceptors (Lipinski definition) is 5. The summed E-state index contributed by atoms with van der Waals surface area (Å²) in [7, 11) is 0. The molecule has 8 heteroatoms. The van der Waals surface area contributed by atoms with Gasteiger partial charge < -0.3 is 9.94 Å². The fraction of sp³-hybridized carbons (Fsp3) is 0.500. The van der Waals surface area contributed by atoms with Crippen LogP contribution in [0.15, 0.2) is 45.6 Å². The highest BCUT2D eigenvalue weighted by atomic mass is 32.2. The molecular formula is C20H24F3NO3S. The predicted octanol–water partition coefficient (Wildman–Crippen LogP) is 5.78. The van der Waals surface area contributed by atoms with E-state index in [9.17, 15) is 23.1 Å². The Morgan fingerprint density at radius 1 is 1.25 bits per heavy atom. The first-order valence-corrected chi connectivity index (χ1v) is 10.2. The molecule has 1 N–H and O–H groups in total. The van der Waals surface area contributed by atoms with Gasteiger partial charge in [-0.25, -0.2) is 0 Å². The van der Waals surface area contributed by atoms with E-state index in [-0.39, 0.29) is 23.0 Å². The fourth-order valence-corrected chi connectivity index (χ4v) is 4.03. The summed E-state index contributed by atoms with van der Waals surface area (Å²) in [6, 6.07) is 5.04. The molecule has 0 saturated heterocycles. The molecule has 1 aromatic rings. The quantitative estimate of drug-likeness (QED) is 0.332. The largest absolute Gasteiger partial charge is 0.511 e. The normalized spacial score (nSPS) is 18.5. The third kappa shape index (κ3) is 6.02. The molecule has 0 bridgehead atoms. The Morgan fingerprint density at radius 2 is 1.93 bits per heavy atom. The van der Waals surface area contributed by atoms with Gasteiger partial charge in [0.25, 0.3) is 0 Å². The Hall–Kier alpha value is -1.96. The summed E-state index contributed by atoms with van der Waals surface area (Å²) in [5, 5.41) is 14.3. The maximum absolute atomic E-state index is 12.6. The number of nitrogens with zero attached hydrogens (tertiary/aromatic N) is 1. The summed E-state index contributed by atoms with van der Waals surface area (Å²) in [6.07, 6.45) is -2.47. The van der Waals surface area contributed by atoms with Gasteiger partial charge in [-0.15, -0.1) is 11.8 Å². The van der Waals surface area contributed by atoms with Crippen LogP contribution in [-0.4, -0.2) is 29.0 Å². The molecule has 154 valence electrons. The number of allylic oxidation sites excluding steroid dienone is 2. The Labute approximate surface area is 166 Å². The van der Waals surface area contributed by atoms with E-state index >= 15 is 0 Å². The summed E-state index contributed by atoms with van der Waals surface area (Å²) < 4.78 is 37.8. The number of carbonyl (C=O) groups is 1. The van der Waals surface area contributed by atoms with E-state index < -0.39 is 11.7 Å². The third-order valence-electron chi connectivity index (χ3n) is 4.43. The number of aliphatic hydroxyl groups excluding tert-OH is 1. The summed E-state index contributed by atoms with van der Waals surface area (Å²) in [5.74, 6) is 0.553. The summed E-state index contributed by atoms with van der Waals surface area (Å²) >= 11 is 1.44. The number of alkyl halides is 3. The van der Waals surface area contributed by atoms with E-state index in [1.165, 1.54) is 23.9 Å². The van der Waals surface area contributed by atoms with Crippen molar-refractivity contribution in [3.05, 3.63) is 41.2 Å². The van der Waals surface area contributed by atoms with Crippen molar-refractivity contribution in [2.45, 2.75) is 50.6 Å². The molecule has 1 aliphatic rings. The molecule has 0 saturated carbocycles. The molecule has 28 heavy (non-hydrogen) atoms. The Kier molecular flexibility index (Phi) is 7.98. The van der Waals surface area contributed by atoms with Crippen molar-refractivity contribution in [1.29, 1.82) is 0 Å². The van der Waals surface area contributed by atoms with Gasteiger partial charge in [0.15, 0.2) is 5.78 Å². The van der Waals surface area contributed by atoms with Crippen LogP contribution in [0.2, 0.25) is 0 Å². The lowest BCUT2D eigenvalue weighted by Crippen LogP contribution is -2.25. The van der Waals surface area contributed by atoms with E-state index in [0.717, 1.165) is 17.0 Å². The van der Waals surface area contributed by atoms with Gasteiger partial charge in [0.1, 0.15) is 12.4 Å². The summed E-state index contributed by atoms with van der Waals surface area (Å²) in [6.45, 7) is 4.02. The molecule has 0 aliphatic heterocycles. The fourth-order valence-electron chi connectivity index (χ4n) is 3.02. The third-order valence-corrected chi connectivity index (χ3v) is 5.47. The van der Waals surface area contributed by atoms with Gasteiger partial charge in [-0.3, -0.25) is 4.79 Å². The highest BCUT2D eigenvalue weighted by Gasteiger charge is 2.31. The standard InChI is InChI=1S/C20H24F3NO3S/c1-3-16(24-27-4-2)19-17(25)11-13(12-18(19)26)9-10-28-15-7-5-14(6-8-15)20(21,22)23/h5-8,13,25H,3-4,9-12H2,1-2H3. The number of Topliss-reactive ketones (excluding diaryl/α,β-unsaturated/α-hetero) is 1. The highest BCUT2D eigenvalue weighted by Crippen LogP contribution is 2.33. The number of ketones is 1. The average Bonchev–Trinajstić information content (AvgIpc) is 2.63. The number of halogens is 3. The molecule has 1 aromatic carbocycles. The molecule has 0 amide bonds. The topological polar surface area (TPSA) is 58.9 Å². The van der Waals surface area contributed by atoms with Crippen molar-refractivity contribution in [2.24, 2.45) is 11.1 Å². The lowest BCUT2D eigenvalue weighted by molar-refractivity contribution is -0.137. The molecule has 0 fully saturated rings. The van der Waals surface area contributed by atoms with Crippen LogP contribution in [-0.2, 0) is 15.8 Å². The van der Waals surface area contributed by atoms with Crippen LogP contribution >= 0.6 is 11.8 Å². The minimum absolute atomic E-state index is 0.00315. The minimum Gasteiger partial charge on any atom is -0.511 e. The molecule has 2 rings (SSSR count). The second kappa shape index (κ2) is 10.0. The van der Waals surface area contributed by atoms with E-state index in [1.807, 2.05) is 6.92 Å². The van der Waals surface area contributed by atoms with Gasteiger partial charge in [0.2, 0.25) is 0 Å². The zero-order valence-electron chi connectivity index (χ0n) is 15.9. The number of thioether (sulfide) groups is 1. The maximum Gasteiger partial charge on any atom is 0.416 e. The molecule has 0 aromatic heterocycles. The first-order valence-electron chi connectivity index (χ1n) is 9.20. The molecule has 1 atom stereocenters. The maximum atomic E-state index is 12.6. The predicted molar refractivity (Wildman–Crippen MR) is 104 cm³/mol. The number of benzene rings is 1. The lowest BCUT2D eigenvalue weighted by atomic mass is 9.83. The second-order valence-electron chi connectivity index (χ2n) is 6.49. The summed E-state index contributed by atoms with van der Waals surface area (Å²) in [4.78, 5) is 18.2. The average molecular weight is 415 g/mol. The van der Waals surface area contributed by atoms with Gasteiger partial charge in [-0.1, -0.05) is 12.1 Å². The molecule has 0 spiro atoms. The van der Waals surface area contributed by atoms with Crippen LogP contribution in [0.4, 0.5) is 13.2 Å². The Bertz CT molecular complexity index is 742. The summed E-state index contributed by atoms with van der Waals surface area (Å²) in [5.41, 5.74) is 0.0577. The van der Waals surface area contributed by atoms with Crippen molar-refractivity contribution < 1.29 is 27.9 Å². The van der Waals surface area contributed by atoms with E-state index in [1.54, 1.807) is 6.92 Å². The Balaban J connectivity index is 1.92. The number of carbonyl (C=O) groups excluding carboxylic acids is 1. The lowest BCUT2D eigenvalue weighted by Gasteiger charge is -2.23. The van der Waals surface area contributed by atoms with E-state index in [4.69, 9.17) is 4.84 Å². The number of oxime groups is 1. The van der Waals surface area contributed by atoms with Crippen LogP contribution < -0.4 is 0 Å². The van der Waals surface area contributed by atoms with Crippen LogP contribution in [0.5, 0.6) is 0 Å². The monoisotopic (exact) mass is 415 g/mol. The van der Waals surface area contributed by atoms with Gasteiger partial charge in [0.05, 0.1) is 16.8 Å². The molecule has 1 unspecified atom stereocenters. The van der Waals surface area contributed by atoms with Crippen LogP contribution in [0.3, 0.4) is 0 Å². The van der Waals surface area contributed by atoms with Gasteiger partial charge >= 0.3 is 6.18 Å². The van der Waals surface area contributed by atoms with Crippen molar-refractivity contribution >= 4 is 23.3 Å². The SMILES string of the molecule is CCON=C(CC)C1=C(O)CC(CCSc2ccc(C(F)(F)F)cc2)CC1=O. The Morgan fingerprint density at radius 3 is 2.46 bits per heavy atom. The van der Waals surface area contributed by atoms with Crippen molar-refractivity contribution in [1.82, 2.24) is 0 Å². The zero-order chi connectivity index (χ0) is 20.7. The van der Waals surface area contributed by atoms with Crippen molar-refractivity contribution in [3.63, 3.8) is 0 Å². The second-order valence-corrected chi connectivity index (χ2v) is 7.66.